The summed E-state index contributed by atoms with van der Waals surface area (Å²) in [5, 5.41) is 11.0. The van der Waals surface area contributed by atoms with E-state index in [1.807, 2.05) is 17.8 Å². The van der Waals surface area contributed by atoms with Crippen LogP contribution in [0.5, 0.6) is 0 Å². The van der Waals surface area contributed by atoms with E-state index in [1.165, 1.54) is 0 Å². The lowest BCUT2D eigenvalue weighted by Crippen LogP contribution is -2.22. The highest BCUT2D eigenvalue weighted by atomic mass is 16.5. The van der Waals surface area contributed by atoms with Crippen molar-refractivity contribution in [3.8, 4) is 11.8 Å². The molecule has 0 aliphatic carbocycles. The van der Waals surface area contributed by atoms with E-state index in [4.69, 9.17) is 4.74 Å². The van der Waals surface area contributed by atoms with Crippen LogP contribution in [0.2, 0.25) is 0 Å². The highest BCUT2D eigenvalue weighted by Crippen LogP contribution is 1.89. The van der Waals surface area contributed by atoms with Crippen LogP contribution in [-0.4, -0.2) is 41.3 Å². The number of nitrogens with one attached hydrogen (secondary N) is 1. The summed E-state index contributed by atoms with van der Waals surface area (Å²) in [7, 11) is 0. The Kier molecular flexibility index (Phi) is 8.77. The van der Waals surface area contributed by atoms with Crippen molar-refractivity contribution in [1.82, 2.24) is 20.3 Å². The number of hydrogen-bond donors (Lipinski definition) is 1. The van der Waals surface area contributed by atoms with Gasteiger partial charge in [0.1, 0.15) is 0 Å². The monoisotopic (exact) mass is 250 g/mol. The van der Waals surface area contributed by atoms with Gasteiger partial charge in [0.05, 0.1) is 12.7 Å². The van der Waals surface area contributed by atoms with Crippen LogP contribution < -0.4 is 5.32 Å². The molecule has 1 heterocycles. The molecule has 0 bridgehead atoms. The molecule has 0 spiro atoms. The SMILES string of the molecule is CC#CCCCOCCCNCCn1ccnn1. The summed E-state index contributed by atoms with van der Waals surface area (Å²) < 4.78 is 7.32. The molecule has 0 fully saturated rings. The zero-order valence-electron chi connectivity index (χ0n) is 11.1. The van der Waals surface area contributed by atoms with Crippen LogP contribution in [0.1, 0.15) is 26.2 Å². The van der Waals surface area contributed by atoms with Crippen molar-refractivity contribution in [2.24, 2.45) is 0 Å². The maximum Gasteiger partial charge on any atom is 0.0692 e. The Morgan fingerprint density at radius 1 is 1.28 bits per heavy atom. The summed E-state index contributed by atoms with van der Waals surface area (Å²) >= 11 is 0. The van der Waals surface area contributed by atoms with Gasteiger partial charge in [-0.15, -0.1) is 16.9 Å². The summed E-state index contributed by atoms with van der Waals surface area (Å²) in [6.45, 7) is 6.24. The Labute approximate surface area is 109 Å². The second kappa shape index (κ2) is 10.8. The van der Waals surface area contributed by atoms with Gasteiger partial charge in [-0.25, -0.2) is 0 Å². The van der Waals surface area contributed by atoms with Gasteiger partial charge in [0.25, 0.3) is 0 Å². The van der Waals surface area contributed by atoms with Crippen LogP contribution in [0.25, 0.3) is 0 Å². The summed E-state index contributed by atoms with van der Waals surface area (Å²) in [5.41, 5.74) is 0. The molecule has 0 aromatic carbocycles. The molecule has 5 heteroatoms. The molecule has 18 heavy (non-hydrogen) atoms. The fourth-order valence-corrected chi connectivity index (χ4v) is 1.46. The molecular weight excluding hydrogens is 228 g/mol. The minimum atomic E-state index is 0.813. The molecular formula is C13H22N4O. The zero-order chi connectivity index (χ0) is 12.9. The van der Waals surface area contributed by atoms with Gasteiger partial charge in [-0.3, -0.25) is 4.68 Å². The van der Waals surface area contributed by atoms with Gasteiger partial charge in [0, 0.05) is 32.4 Å². The summed E-state index contributed by atoms with van der Waals surface area (Å²) in [6.07, 6.45) is 6.56. The Bertz CT molecular complexity index is 340. The first-order chi connectivity index (χ1) is 8.93. The van der Waals surface area contributed by atoms with Crippen molar-refractivity contribution in [2.75, 3.05) is 26.3 Å². The Morgan fingerprint density at radius 3 is 2.94 bits per heavy atom. The van der Waals surface area contributed by atoms with Crippen molar-refractivity contribution in [3.63, 3.8) is 0 Å². The highest BCUT2D eigenvalue weighted by Gasteiger charge is 1.92. The molecule has 1 aromatic rings. The van der Waals surface area contributed by atoms with E-state index in [-0.39, 0.29) is 0 Å². The van der Waals surface area contributed by atoms with Gasteiger partial charge in [-0.2, -0.15) is 0 Å². The maximum atomic E-state index is 5.50. The van der Waals surface area contributed by atoms with Crippen molar-refractivity contribution < 1.29 is 4.74 Å². The highest BCUT2D eigenvalue weighted by molar-refractivity contribution is 4.94. The third-order valence-electron chi connectivity index (χ3n) is 2.40. The van der Waals surface area contributed by atoms with Crippen LogP contribution in [0, 0.1) is 11.8 Å². The van der Waals surface area contributed by atoms with Crippen LogP contribution in [0.15, 0.2) is 12.4 Å². The molecule has 100 valence electrons. The second-order valence-electron chi connectivity index (χ2n) is 3.91. The van der Waals surface area contributed by atoms with Gasteiger partial charge in [0.2, 0.25) is 0 Å². The van der Waals surface area contributed by atoms with Crippen LogP contribution in [0.4, 0.5) is 0 Å². The molecule has 5 nitrogen and oxygen atoms in total. The summed E-state index contributed by atoms with van der Waals surface area (Å²) in [6, 6.07) is 0. The molecule has 0 saturated carbocycles. The van der Waals surface area contributed by atoms with Gasteiger partial charge in [0.15, 0.2) is 0 Å². The van der Waals surface area contributed by atoms with E-state index in [2.05, 4.69) is 27.5 Å². The van der Waals surface area contributed by atoms with Crippen molar-refractivity contribution in [1.29, 1.82) is 0 Å². The predicted molar refractivity (Wildman–Crippen MR) is 71.0 cm³/mol. The smallest absolute Gasteiger partial charge is 0.0692 e. The molecule has 1 aromatic heterocycles. The lowest BCUT2D eigenvalue weighted by Gasteiger charge is -2.05. The number of aromatic nitrogens is 3. The number of nitrogens with zero attached hydrogens (tertiary/aromatic N) is 3. The number of hydrogen-bond acceptors (Lipinski definition) is 4. The normalized spacial score (nSPS) is 10.1. The second-order valence-corrected chi connectivity index (χ2v) is 3.91. The number of rotatable bonds is 10. The number of ether oxygens (including phenoxy) is 1. The van der Waals surface area contributed by atoms with Gasteiger partial charge >= 0.3 is 0 Å². The molecule has 0 amide bonds. The van der Waals surface area contributed by atoms with Crippen molar-refractivity contribution >= 4 is 0 Å². The first-order valence-corrected chi connectivity index (χ1v) is 6.45. The van der Waals surface area contributed by atoms with E-state index >= 15 is 0 Å². The zero-order valence-corrected chi connectivity index (χ0v) is 11.1. The lowest BCUT2D eigenvalue weighted by molar-refractivity contribution is 0.130. The first kappa shape index (κ1) is 14.7. The van der Waals surface area contributed by atoms with E-state index < -0.39 is 0 Å². The maximum absolute atomic E-state index is 5.50. The molecule has 0 aliphatic rings. The first-order valence-electron chi connectivity index (χ1n) is 6.45. The van der Waals surface area contributed by atoms with Gasteiger partial charge < -0.3 is 10.1 Å². The standard InChI is InChI=1S/C13H22N4O/c1-2-3-4-5-12-18-13-6-7-14-8-10-17-11-9-15-16-17/h9,11,14H,4-8,10,12-13H2,1H3. The summed E-state index contributed by atoms with van der Waals surface area (Å²) in [5.74, 6) is 5.90. The number of unbranched alkanes of at least 4 members (excludes halogenated alkanes) is 1. The minimum Gasteiger partial charge on any atom is -0.381 e. The van der Waals surface area contributed by atoms with Gasteiger partial charge in [-0.05, 0) is 26.3 Å². The molecule has 0 saturated heterocycles. The average molecular weight is 250 g/mol. The molecule has 1 N–H and O–H groups in total. The average Bonchev–Trinajstić information content (AvgIpc) is 2.89. The molecule has 0 radical (unpaired) electrons. The van der Waals surface area contributed by atoms with Crippen molar-refractivity contribution in [2.45, 2.75) is 32.7 Å². The largest absolute Gasteiger partial charge is 0.381 e. The minimum absolute atomic E-state index is 0.813. The van der Waals surface area contributed by atoms with Crippen LogP contribution >= 0.6 is 0 Å². The molecule has 0 atom stereocenters. The molecule has 0 aliphatic heterocycles. The van der Waals surface area contributed by atoms with E-state index in [9.17, 15) is 0 Å². The quantitative estimate of drug-likeness (QED) is 0.499. The van der Waals surface area contributed by atoms with E-state index in [0.29, 0.717) is 0 Å². The fraction of sp³-hybridized carbons (Fsp3) is 0.692. The third-order valence-corrected chi connectivity index (χ3v) is 2.40. The molecule has 1 rings (SSSR count). The Balaban J connectivity index is 1.77. The van der Waals surface area contributed by atoms with E-state index in [0.717, 1.165) is 52.1 Å². The lowest BCUT2D eigenvalue weighted by atomic mass is 10.3. The van der Waals surface area contributed by atoms with E-state index in [1.54, 1.807) is 6.20 Å². The van der Waals surface area contributed by atoms with Gasteiger partial charge in [-0.1, -0.05) is 5.21 Å². The Hall–Kier alpha value is -1.38. The third kappa shape index (κ3) is 7.82. The fourth-order valence-electron chi connectivity index (χ4n) is 1.46. The topological polar surface area (TPSA) is 52.0 Å². The van der Waals surface area contributed by atoms with Crippen molar-refractivity contribution in [3.05, 3.63) is 12.4 Å². The Morgan fingerprint density at radius 2 is 2.17 bits per heavy atom. The molecule has 0 unspecified atom stereocenters. The predicted octanol–water partition coefficient (Wildman–Crippen LogP) is 1.08. The van der Waals surface area contributed by atoms with Crippen LogP contribution in [0.3, 0.4) is 0 Å². The summed E-state index contributed by atoms with van der Waals surface area (Å²) in [4.78, 5) is 0. The van der Waals surface area contributed by atoms with Crippen LogP contribution in [-0.2, 0) is 11.3 Å².